The lowest BCUT2D eigenvalue weighted by atomic mass is 9.98. The second-order valence-corrected chi connectivity index (χ2v) is 11.0. The van der Waals surface area contributed by atoms with Crippen molar-refractivity contribution in [1.29, 1.82) is 0 Å². The number of nitrogens with zero attached hydrogens (tertiary/aromatic N) is 5. The van der Waals surface area contributed by atoms with Gasteiger partial charge < -0.3 is 4.42 Å². The summed E-state index contributed by atoms with van der Waals surface area (Å²) in [4.78, 5) is 22.8. The molecule has 1 aromatic carbocycles. The molecular formula is C26H29N5O3S. The normalized spacial score (nSPS) is 15.3. The summed E-state index contributed by atoms with van der Waals surface area (Å²) in [5.41, 5.74) is 3.59. The van der Waals surface area contributed by atoms with Gasteiger partial charge in [0.15, 0.2) is 0 Å². The molecule has 182 valence electrons. The Labute approximate surface area is 206 Å². The van der Waals surface area contributed by atoms with Crippen molar-refractivity contribution in [3.63, 3.8) is 0 Å². The van der Waals surface area contributed by atoms with Gasteiger partial charge >= 0.3 is 0 Å². The molecule has 1 fully saturated rings. The lowest BCUT2D eigenvalue weighted by Crippen LogP contribution is -2.26. The molecule has 0 N–H and O–H groups in total. The van der Waals surface area contributed by atoms with Crippen LogP contribution in [0.1, 0.15) is 57.0 Å². The van der Waals surface area contributed by atoms with E-state index in [2.05, 4.69) is 34.0 Å². The Balaban J connectivity index is 1.68. The number of aromatic nitrogens is 5. The third-order valence-corrected chi connectivity index (χ3v) is 7.23. The van der Waals surface area contributed by atoms with Gasteiger partial charge in [-0.1, -0.05) is 32.8 Å². The smallest absolute Gasteiger partial charge is 0.260 e. The van der Waals surface area contributed by atoms with Crippen molar-refractivity contribution < 1.29 is 8.63 Å². The quantitative estimate of drug-likeness (QED) is 0.355. The summed E-state index contributed by atoms with van der Waals surface area (Å²) >= 11 is 0. The predicted molar refractivity (Wildman–Crippen MR) is 136 cm³/mol. The van der Waals surface area contributed by atoms with Crippen LogP contribution in [0.4, 0.5) is 0 Å². The number of aryl methyl sites for hydroxylation is 1. The van der Waals surface area contributed by atoms with Crippen molar-refractivity contribution in [3.05, 3.63) is 52.3 Å². The van der Waals surface area contributed by atoms with Gasteiger partial charge in [0.25, 0.3) is 5.56 Å². The first-order chi connectivity index (χ1) is 16.8. The van der Waals surface area contributed by atoms with Gasteiger partial charge in [0.2, 0.25) is 16.9 Å². The van der Waals surface area contributed by atoms with E-state index in [4.69, 9.17) is 4.42 Å². The second-order valence-electron chi connectivity index (χ2n) is 9.69. The van der Waals surface area contributed by atoms with Gasteiger partial charge in [-0.3, -0.25) is 13.6 Å². The maximum atomic E-state index is 14.0. The van der Waals surface area contributed by atoms with Crippen LogP contribution in [-0.2, 0) is 17.2 Å². The lowest BCUT2D eigenvalue weighted by molar-refractivity contribution is 0.466. The minimum Gasteiger partial charge on any atom is -0.421 e. The van der Waals surface area contributed by atoms with Crippen molar-refractivity contribution in [2.45, 2.75) is 64.1 Å². The van der Waals surface area contributed by atoms with E-state index in [0.29, 0.717) is 35.3 Å². The lowest BCUT2D eigenvalue weighted by Gasteiger charge is -2.19. The minimum absolute atomic E-state index is 0.0658. The molecule has 5 rings (SSSR count). The molecule has 8 nitrogen and oxygen atoms in total. The topological polar surface area (TPSA) is 104 Å². The first-order valence-corrected chi connectivity index (χ1v) is 13.6. The fraction of sp³-hybridized carbons (Fsp3) is 0.423. The minimum atomic E-state index is -1.33. The third-order valence-electron chi connectivity index (χ3n) is 6.52. The van der Waals surface area contributed by atoms with E-state index in [9.17, 15) is 9.00 Å². The molecule has 0 radical (unpaired) electrons. The van der Waals surface area contributed by atoms with E-state index in [1.807, 2.05) is 31.2 Å². The first kappa shape index (κ1) is 23.5. The zero-order valence-electron chi connectivity index (χ0n) is 20.4. The Bertz CT molecular complexity index is 1480. The molecule has 0 aliphatic heterocycles. The summed E-state index contributed by atoms with van der Waals surface area (Å²) in [5, 5.41) is 9.41. The Morgan fingerprint density at radius 2 is 1.91 bits per heavy atom. The highest BCUT2D eigenvalue weighted by Gasteiger charge is 2.24. The van der Waals surface area contributed by atoms with Crippen molar-refractivity contribution >= 4 is 21.8 Å². The van der Waals surface area contributed by atoms with Gasteiger partial charge in [-0.15, -0.1) is 10.2 Å². The molecule has 9 heteroatoms. The van der Waals surface area contributed by atoms with Gasteiger partial charge in [-0.25, -0.2) is 9.97 Å². The van der Waals surface area contributed by atoms with Crippen LogP contribution in [0.2, 0.25) is 0 Å². The number of pyridine rings is 1. The van der Waals surface area contributed by atoms with Gasteiger partial charge in [-0.2, -0.15) is 0 Å². The van der Waals surface area contributed by atoms with Crippen molar-refractivity contribution in [2.75, 3.05) is 6.26 Å². The summed E-state index contributed by atoms with van der Waals surface area (Å²) in [6.07, 6.45) is 7.93. The molecule has 1 saturated carbocycles. The Hall–Kier alpha value is -3.20. The van der Waals surface area contributed by atoms with Gasteiger partial charge in [0.1, 0.15) is 5.65 Å². The predicted octanol–water partition coefficient (Wildman–Crippen LogP) is 4.87. The summed E-state index contributed by atoms with van der Waals surface area (Å²) in [6, 6.07) is 7.76. The van der Waals surface area contributed by atoms with Gasteiger partial charge in [0, 0.05) is 41.4 Å². The number of rotatable bonds is 6. The second kappa shape index (κ2) is 9.45. The Morgan fingerprint density at radius 1 is 1.14 bits per heavy atom. The Kier molecular flexibility index (Phi) is 6.35. The number of hydrogen-bond acceptors (Lipinski definition) is 7. The van der Waals surface area contributed by atoms with Crippen LogP contribution in [0.3, 0.4) is 0 Å². The molecule has 35 heavy (non-hydrogen) atoms. The summed E-state index contributed by atoms with van der Waals surface area (Å²) < 4.78 is 19.8. The summed E-state index contributed by atoms with van der Waals surface area (Å²) in [7, 11) is -1.33. The molecule has 0 bridgehead atoms. The molecule has 3 heterocycles. The fourth-order valence-electron chi connectivity index (χ4n) is 4.78. The largest absolute Gasteiger partial charge is 0.421 e. The fourth-order valence-corrected chi connectivity index (χ4v) is 5.20. The molecule has 3 aromatic heterocycles. The molecule has 1 aliphatic rings. The number of hydrogen-bond donors (Lipinski definition) is 0. The van der Waals surface area contributed by atoms with Crippen molar-refractivity contribution in [3.8, 4) is 22.6 Å². The average Bonchev–Trinajstić information content (AvgIpc) is 3.51. The van der Waals surface area contributed by atoms with Crippen molar-refractivity contribution in [1.82, 2.24) is 24.7 Å². The highest BCUT2D eigenvalue weighted by molar-refractivity contribution is 7.84. The van der Waals surface area contributed by atoms with Gasteiger partial charge in [0.05, 0.1) is 10.8 Å². The highest BCUT2D eigenvalue weighted by Crippen LogP contribution is 2.33. The van der Waals surface area contributed by atoms with Crippen LogP contribution in [0, 0.1) is 12.8 Å². The third kappa shape index (κ3) is 4.57. The van der Waals surface area contributed by atoms with Crippen LogP contribution in [0.15, 0.2) is 44.8 Å². The number of fused-ring (bicyclic) bond motifs is 1. The summed E-state index contributed by atoms with van der Waals surface area (Å²) in [6.45, 7) is 6.20. The molecule has 1 aliphatic carbocycles. The molecule has 4 aromatic rings. The molecule has 0 amide bonds. The first-order valence-electron chi connectivity index (χ1n) is 12.0. The van der Waals surface area contributed by atoms with E-state index in [-0.39, 0.29) is 16.8 Å². The SMILES string of the molecule is Cc1ccc(-c2nnc(CC(C)C)o2)cc1-c1cc2cnc(S(C)=O)nc2n(C2CCCC2)c1=O. The zero-order valence-corrected chi connectivity index (χ0v) is 21.3. The van der Waals surface area contributed by atoms with E-state index in [1.165, 1.54) is 0 Å². The monoisotopic (exact) mass is 491 g/mol. The van der Waals surface area contributed by atoms with Crippen LogP contribution in [-0.4, -0.2) is 35.2 Å². The van der Waals surface area contributed by atoms with Crippen LogP contribution >= 0.6 is 0 Å². The van der Waals surface area contributed by atoms with Crippen LogP contribution in [0.25, 0.3) is 33.6 Å². The maximum absolute atomic E-state index is 14.0. The van der Waals surface area contributed by atoms with Gasteiger partial charge in [-0.05, 0) is 55.0 Å². The maximum Gasteiger partial charge on any atom is 0.260 e. The molecule has 0 saturated heterocycles. The molecule has 0 spiro atoms. The van der Waals surface area contributed by atoms with Crippen LogP contribution in [0.5, 0.6) is 0 Å². The highest BCUT2D eigenvalue weighted by atomic mass is 32.2. The molecule has 1 unspecified atom stereocenters. The van der Waals surface area contributed by atoms with E-state index in [0.717, 1.165) is 47.8 Å². The zero-order chi connectivity index (χ0) is 24.7. The summed E-state index contributed by atoms with van der Waals surface area (Å²) in [5.74, 6) is 1.46. The standard InChI is InChI=1S/C26H29N5O3S/c1-15(2)11-22-29-30-24(34-22)17-10-9-16(3)20(12-17)21-13-18-14-27-26(35(4)33)28-23(18)31(25(21)32)19-7-5-6-8-19/h9-10,12-15,19H,5-8,11H2,1-4H3. The number of benzene rings is 1. The molecular weight excluding hydrogens is 462 g/mol. The molecule has 1 atom stereocenters. The van der Waals surface area contributed by atoms with E-state index >= 15 is 0 Å². The van der Waals surface area contributed by atoms with Crippen LogP contribution < -0.4 is 5.56 Å². The van der Waals surface area contributed by atoms with E-state index < -0.39 is 10.8 Å². The van der Waals surface area contributed by atoms with E-state index in [1.54, 1.807) is 17.0 Å². The van der Waals surface area contributed by atoms with Crippen molar-refractivity contribution in [2.24, 2.45) is 5.92 Å². The Morgan fingerprint density at radius 3 is 2.63 bits per heavy atom. The average molecular weight is 492 g/mol.